The fraction of sp³-hybridized carbons (Fsp3) is 0.500. The number of rotatable bonds is 4. The minimum Gasteiger partial charge on any atom is -0.379 e. The molecule has 10 heteroatoms. The molecule has 0 unspecified atom stereocenters. The van der Waals surface area contributed by atoms with Crippen LogP contribution in [0, 0.1) is 0 Å². The topological polar surface area (TPSA) is 56.1 Å². The summed E-state index contributed by atoms with van der Waals surface area (Å²) in [5.74, 6) is 0.622. The number of ether oxygens (including phenoxy) is 1. The molecule has 0 spiro atoms. The smallest absolute Gasteiger partial charge is 0.379 e. The first kappa shape index (κ1) is 18.6. The molecule has 1 aliphatic heterocycles. The SMILES string of the molecule is Cl.FC(F)(F)c1ccc(-n2nnnc2CCN2CCOCC2)cc1. The summed E-state index contributed by atoms with van der Waals surface area (Å²) < 4.78 is 44.6. The van der Waals surface area contributed by atoms with Crippen LogP contribution in [0.2, 0.25) is 0 Å². The zero-order valence-corrected chi connectivity index (χ0v) is 13.6. The van der Waals surface area contributed by atoms with Crippen molar-refractivity contribution in [2.45, 2.75) is 12.6 Å². The maximum absolute atomic E-state index is 12.6. The van der Waals surface area contributed by atoms with Crippen molar-refractivity contribution in [1.29, 1.82) is 0 Å². The van der Waals surface area contributed by atoms with Gasteiger partial charge in [0.05, 0.1) is 24.5 Å². The lowest BCUT2D eigenvalue weighted by molar-refractivity contribution is -0.137. The molecule has 2 heterocycles. The molecular weight excluding hydrogens is 347 g/mol. The largest absolute Gasteiger partial charge is 0.416 e. The second kappa shape index (κ2) is 7.91. The first-order chi connectivity index (χ1) is 11.0. The van der Waals surface area contributed by atoms with E-state index in [0.29, 0.717) is 31.1 Å². The summed E-state index contributed by atoms with van der Waals surface area (Å²) in [6.07, 6.45) is -3.73. The van der Waals surface area contributed by atoms with E-state index in [4.69, 9.17) is 4.74 Å². The van der Waals surface area contributed by atoms with Crippen LogP contribution in [0.25, 0.3) is 5.69 Å². The van der Waals surface area contributed by atoms with Gasteiger partial charge in [-0.05, 0) is 34.7 Å². The highest BCUT2D eigenvalue weighted by molar-refractivity contribution is 5.85. The Balaban J connectivity index is 0.00000208. The van der Waals surface area contributed by atoms with Gasteiger partial charge in [-0.2, -0.15) is 17.9 Å². The van der Waals surface area contributed by atoms with E-state index in [1.54, 1.807) is 0 Å². The molecule has 6 nitrogen and oxygen atoms in total. The predicted molar refractivity (Wildman–Crippen MR) is 82.4 cm³/mol. The standard InChI is InChI=1S/C14H16F3N5O.ClH/c15-14(16,17)11-1-3-12(4-2-11)22-13(18-19-20-22)5-6-21-7-9-23-10-8-21;/h1-4H,5-10H2;1H. The minimum atomic E-state index is -4.35. The van der Waals surface area contributed by atoms with Crippen LogP contribution in [-0.2, 0) is 17.3 Å². The molecule has 0 N–H and O–H groups in total. The number of hydrogen-bond acceptors (Lipinski definition) is 5. The minimum absolute atomic E-state index is 0. The number of hydrogen-bond donors (Lipinski definition) is 0. The molecule has 132 valence electrons. The predicted octanol–water partition coefficient (Wildman–Crippen LogP) is 1.98. The van der Waals surface area contributed by atoms with Crippen LogP contribution < -0.4 is 0 Å². The van der Waals surface area contributed by atoms with E-state index < -0.39 is 11.7 Å². The second-order valence-electron chi connectivity index (χ2n) is 5.26. The van der Waals surface area contributed by atoms with E-state index in [2.05, 4.69) is 20.4 Å². The number of alkyl halides is 3. The summed E-state index contributed by atoms with van der Waals surface area (Å²) in [6, 6.07) is 4.81. The Morgan fingerprint density at radius 2 is 1.75 bits per heavy atom. The fourth-order valence-electron chi connectivity index (χ4n) is 2.44. The highest BCUT2D eigenvalue weighted by Crippen LogP contribution is 2.29. The zero-order chi connectivity index (χ0) is 16.3. The second-order valence-corrected chi connectivity index (χ2v) is 5.26. The van der Waals surface area contributed by atoms with Crippen LogP contribution in [-0.4, -0.2) is 58.0 Å². The van der Waals surface area contributed by atoms with Crippen molar-refractivity contribution in [2.24, 2.45) is 0 Å². The number of nitrogens with zero attached hydrogens (tertiary/aromatic N) is 5. The molecule has 1 fully saturated rings. The van der Waals surface area contributed by atoms with Gasteiger partial charge in [-0.25, -0.2) is 0 Å². The summed E-state index contributed by atoms with van der Waals surface area (Å²) in [6.45, 7) is 3.93. The Labute approximate surface area is 143 Å². The zero-order valence-electron chi connectivity index (χ0n) is 12.7. The van der Waals surface area contributed by atoms with Crippen molar-refractivity contribution < 1.29 is 17.9 Å². The van der Waals surface area contributed by atoms with Gasteiger partial charge in [0.25, 0.3) is 0 Å². The van der Waals surface area contributed by atoms with Crippen molar-refractivity contribution in [2.75, 3.05) is 32.8 Å². The lowest BCUT2D eigenvalue weighted by Crippen LogP contribution is -2.37. The molecule has 0 bridgehead atoms. The van der Waals surface area contributed by atoms with Crippen LogP contribution >= 0.6 is 12.4 Å². The van der Waals surface area contributed by atoms with Gasteiger partial charge in [0, 0.05) is 26.1 Å². The number of tetrazole rings is 1. The van der Waals surface area contributed by atoms with Gasteiger partial charge in [0.1, 0.15) is 0 Å². The monoisotopic (exact) mass is 363 g/mol. The maximum atomic E-state index is 12.6. The molecule has 0 aliphatic carbocycles. The van der Waals surface area contributed by atoms with Crippen molar-refractivity contribution >= 4 is 12.4 Å². The van der Waals surface area contributed by atoms with Gasteiger partial charge in [-0.1, -0.05) is 0 Å². The maximum Gasteiger partial charge on any atom is 0.416 e. The summed E-state index contributed by atoms with van der Waals surface area (Å²) in [4.78, 5) is 2.25. The van der Waals surface area contributed by atoms with Crippen LogP contribution in [0.1, 0.15) is 11.4 Å². The third-order valence-corrected chi connectivity index (χ3v) is 3.73. The van der Waals surface area contributed by atoms with E-state index in [1.165, 1.54) is 16.8 Å². The molecular formula is C14H17ClF3N5O. The van der Waals surface area contributed by atoms with Gasteiger partial charge < -0.3 is 4.74 Å². The molecule has 1 aromatic carbocycles. The summed E-state index contributed by atoms with van der Waals surface area (Å²) in [5, 5.41) is 11.5. The Morgan fingerprint density at radius 3 is 2.38 bits per heavy atom. The van der Waals surface area contributed by atoms with E-state index >= 15 is 0 Å². The summed E-state index contributed by atoms with van der Waals surface area (Å²) in [5.41, 5.74) is -0.177. The van der Waals surface area contributed by atoms with Crippen LogP contribution in [0.3, 0.4) is 0 Å². The number of aromatic nitrogens is 4. The van der Waals surface area contributed by atoms with Gasteiger partial charge in [0.15, 0.2) is 5.82 Å². The number of benzene rings is 1. The molecule has 0 amide bonds. The molecule has 0 atom stereocenters. The van der Waals surface area contributed by atoms with E-state index in [0.717, 1.165) is 31.8 Å². The van der Waals surface area contributed by atoms with E-state index in [1.807, 2.05) is 0 Å². The first-order valence-electron chi connectivity index (χ1n) is 7.29. The normalized spacial score (nSPS) is 16.0. The van der Waals surface area contributed by atoms with Crippen LogP contribution in [0.5, 0.6) is 0 Å². The summed E-state index contributed by atoms with van der Waals surface area (Å²) >= 11 is 0. The molecule has 0 radical (unpaired) electrons. The number of morpholine rings is 1. The third kappa shape index (κ3) is 4.43. The van der Waals surface area contributed by atoms with Gasteiger partial charge in [-0.15, -0.1) is 17.5 Å². The number of halogens is 4. The van der Waals surface area contributed by atoms with Crippen molar-refractivity contribution in [1.82, 2.24) is 25.1 Å². The summed E-state index contributed by atoms with van der Waals surface area (Å²) in [7, 11) is 0. The molecule has 3 rings (SSSR count). The Bertz CT molecular complexity index is 641. The van der Waals surface area contributed by atoms with E-state index in [9.17, 15) is 13.2 Å². The quantitative estimate of drug-likeness (QED) is 0.831. The van der Waals surface area contributed by atoms with Gasteiger partial charge in [-0.3, -0.25) is 4.90 Å². The fourth-order valence-corrected chi connectivity index (χ4v) is 2.44. The third-order valence-electron chi connectivity index (χ3n) is 3.73. The van der Waals surface area contributed by atoms with Crippen molar-refractivity contribution in [3.05, 3.63) is 35.7 Å². The highest BCUT2D eigenvalue weighted by atomic mass is 35.5. The van der Waals surface area contributed by atoms with Crippen molar-refractivity contribution in [3.63, 3.8) is 0 Å². The Morgan fingerprint density at radius 1 is 1.08 bits per heavy atom. The molecule has 1 aromatic heterocycles. The van der Waals surface area contributed by atoms with E-state index in [-0.39, 0.29) is 12.4 Å². The Hall–Kier alpha value is -1.71. The van der Waals surface area contributed by atoms with Crippen LogP contribution in [0.4, 0.5) is 13.2 Å². The molecule has 2 aromatic rings. The van der Waals surface area contributed by atoms with Gasteiger partial charge >= 0.3 is 6.18 Å². The lowest BCUT2D eigenvalue weighted by Gasteiger charge is -2.26. The Kier molecular flexibility index (Phi) is 6.14. The van der Waals surface area contributed by atoms with Gasteiger partial charge in [0.2, 0.25) is 0 Å². The first-order valence-corrected chi connectivity index (χ1v) is 7.29. The lowest BCUT2D eigenvalue weighted by atomic mass is 10.2. The highest BCUT2D eigenvalue weighted by Gasteiger charge is 2.30. The van der Waals surface area contributed by atoms with Crippen molar-refractivity contribution in [3.8, 4) is 5.69 Å². The molecule has 0 saturated carbocycles. The van der Waals surface area contributed by atoms with Crippen LogP contribution in [0.15, 0.2) is 24.3 Å². The molecule has 1 aliphatic rings. The average molecular weight is 364 g/mol. The molecule has 1 saturated heterocycles. The molecule has 24 heavy (non-hydrogen) atoms. The average Bonchev–Trinajstić information content (AvgIpc) is 3.02.